The van der Waals surface area contributed by atoms with Crippen molar-refractivity contribution in [3.63, 3.8) is 0 Å². The summed E-state index contributed by atoms with van der Waals surface area (Å²) < 4.78 is 14.0. The molecule has 2 aromatic carbocycles. The smallest absolute Gasteiger partial charge is 0.298 e. The highest BCUT2D eigenvalue weighted by Gasteiger charge is 2.10. The molecule has 0 radical (unpaired) electrons. The van der Waals surface area contributed by atoms with Crippen LogP contribution in [0, 0.1) is 5.82 Å². The first-order valence-corrected chi connectivity index (χ1v) is 7.48. The Hall–Kier alpha value is -2.99. The molecule has 1 N–H and O–H groups in total. The van der Waals surface area contributed by atoms with Crippen molar-refractivity contribution in [2.75, 3.05) is 0 Å². The number of H-pyrrole nitrogens is 1. The van der Waals surface area contributed by atoms with Gasteiger partial charge in [0.05, 0.1) is 6.21 Å². The molecule has 4 rings (SSSR count). The zero-order valence-corrected chi connectivity index (χ0v) is 13.0. The van der Waals surface area contributed by atoms with E-state index in [1.54, 1.807) is 30.3 Å². The minimum absolute atomic E-state index is 0.328. The van der Waals surface area contributed by atoms with Crippen molar-refractivity contribution < 1.29 is 4.39 Å². The van der Waals surface area contributed by atoms with Crippen molar-refractivity contribution in [1.29, 1.82) is 0 Å². The van der Waals surface area contributed by atoms with E-state index in [1.165, 1.54) is 24.7 Å². The molecule has 4 aromatic rings. The molecule has 24 heavy (non-hydrogen) atoms. The molecule has 0 saturated heterocycles. The fraction of sp³-hybridized carbons (Fsp3) is 0. The van der Waals surface area contributed by atoms with Crippen LogP contribution < -0.4 is 5.56 Å². The summed E-state index contributed by atoms with van der Waals surface area (Å²) in [4.78, 5) is 19.9. The molecule has 0 unspecified atom stereocenters. The van der Waals surface area contributed by atoms with Crippen LogP contribution in [-0.2, 0) is 0 Å². The lowest BCUT2D eigenvalue weighted by molar-refractivity contribution is 0.628. The van der Waals surface area contributed by atoms with E-state index in [2.05, 4.69) is 15.1 Å². The molecule has 0 aliphatic rings. The number of aromatic amines is 1. The predicted molar refractivity (Wildman–Crippen MR) is 92.3 cm³/mol. The quantitative estimate of drug-likeness (QED) is 0.567. The Morgan fingerprint density at radius 2 is 2.00 bits per heavy atom. The van der Waals surface area contributed by atoms with Crippen LogP contribution in [0.15, 0.2) is 58.7 Å². The van der Waals surface area contributed by atoms with Crippen LogP contribution in [0.1, 0.15) is 5.56 Å². The molecule has 2 aromatic heterocycles. The van der Waals surface area contributed by atoms with Gasteiger partial charge in [0.2, 0.25) is 0 Å². The number of rotatable bonds is 2. The summed E-state index contributed by atoms with van der Waals surface area (Å²) in [6.07, 6.45) is 2.81. The highest BCUT2D eigenvalue weighted by atomic mass is 35.5. The summed E-state index contributed by atoms with van der Waals surface area (Å²) in [6, 6.07) is 11.1. The molecule has 0 bridgehead atoms. The van der Waals surface area contributed by atoms with Crippen LogP contribution in [0.2, 0.25) is 5.02 Å². The first kappa shape index (κ1) is 14.6. The minimum Gasteiger partial charge on any atom is -0.349 e. The Morgan fingerprint density at radius 3 is 2.79 bits per heavy atom. The van der Waals surface area contributed by atoms with Crippen LogP contribution in [0.4, 0.5) is 4.39 Å². The molecule has 0 saturated carbocycles. The maximum atomic E-state index is 12.9. The summed E-state index contributed by atoms with van der Waals surface area (Å²) in [7, 11) is 0. The molecule has 2 heterocycles. The van der Waals surface area contributed by atoms with Gasteiger partial charge in [-0.3, -0.25) is 4.79 Å². The lowest BCUT2D eigenvalue weighted by Gasteiger charge is -1.98. The maximum Gasteiger partial charge on any atom is 0.298 e. The third kappa shape index (κ3) is 2.47. The van der Waals surface area contributed by atoms with Crippen molar-refractivity contribution in [1.82, 2.24) is 14.6 Å². The van der Waals surface area contributed by atoms with E-state index in [4.69, 9.17) is 11.6 Å². The minimum atomic E-state index is -0.330. The fourth-order valence-electron chi connectivity index (χ4n) is 2.48. The van der Waals surface area contributed by atoms with Gasteiger partial charge in [-0.1, -0.05) is 23.7 Å². The highest BCUT2D eigenvalue weighted by Crippen LogP contribution is 2.24. The molecule has 0 atom stereocenters. The summed E-state index contributed by atoms with van der Waals surface area (Å²) in [5.74, 6) is -0.330. The molecule has 118 valence electrons. The van der Waals surface area contributed by atoms with E-state index in [9.17, 15) is 9.18 Å². The average Bonchev–Trinajstić information content (AvgIpc) is 2.95. The monoisotopic (exact) mass is 340 g/mol. The van der Waals surface area contributed by atoms with E-state index in [0.29, 0.717) is 21.6 Å². The molecule has 0 fully saturated rings. The van der Waals surface area contributed by atoms with Gasteiger partial charge < -0.3 is 4.98 Å². The van der Waals surface area contributed by atoms with Crippen molar-refractivity contribution in [2.24, 2.45) is 5.10 Å². The van der Waals surface area contributed by atoms with Crippen LogP contribution >= 0.6 is 11.6 Å². The first-order valence-electron chi connectivity index (χ1n) is 7.10. The zero-order chi connectivity index (χ0) is 16.7. The summed E-state index contributed by atoms with van der Waals surface area (Å²) in [5, 5.41) is 5.45. The number of halogens is 2. The number of fused-ring (bicyclic) bond motifs is 3. The average molecular weight is 341 g/mol. The van der Waals surface area contributed by atoms with Gasteiger partial charge >= 0.3 is 0 Å². The third-order valence-corrected chi connectivity index (χ3v) is 3.89. The van der Waals surface area contributed by atoms with Gasteiger partial charge in [-0.2, -0.15) is 9.78 Å². The van der Waals surface area contributed by atoms with Crippen molar-refractivity contribution in [3.05, 3.63) is 75.5 Å². The number of nitrogens with one attached hydrogen (secondary N) is 1. The van der Waals surface area contributed by atoms with E-state index >= 15 is 0 Å². The number of nitrogens with zero attached hydrogens (tertiary/aromatic N) is 3. The van der Waals surface area contributed by atoms with E-state index in [0.717, 1.165) is 15.6 Å². The van der Waals surface area contributed by atoms with E-state index in [1.807, 2.05) is 0 Å². The van der Waals surface area contributed by atoms with Crippen LogP contribution in [0.3, 0.4) is 0 Å². The molecule has 0 aliphatic heterocycles. The van der Waals surface area contributed by atoms with E-state index in [-0.39, 0.29) is 11.4 Å². The molecule has 7 heteroatoms. The Bertz CT molecular complexity index is 1150. The normalized spacial score (nSPS) is 11.8. The first-order chi connectivity index (χ1) is 11.6. The second kappa shape index (κ2) is 5.58. The Balaban J connectivity index is 1.82. The number of hydrogen-bond donors (Lipinski definition) is 1. The zero-order valence-electron chi connectivity index (χ0n) is 12.2. The highest BCUT2D eigenvalue weighted by molar-refractivity contribution is 6.31. The lowest BCUT2D eigenvalue weighted by Crippen LogP contribution is -2.17. The second-order valence-corrected chi connectivity index (χ2v) is 5.67. The molecule has 0 spiro atoms. The van der Waals surface area contributed by atoms with Crippen LogP contribution in [0.25, 0.3) is 21.9 Å². The van der Waals surface area contributed by atoms with Crippen LogP contribution in [0.5, 0.6) is 0 Å². The molecular formula is C17H10ClFN4O. The topological polar surface area (TPSA) is 63.0 Å². The number of benzene rings is 2. The molecule has 0 aliphatic carbocycles. The SMILES string of the molecule is O=c1c2[nH]c3ccc(Cl)cc3c2ncn1/N=C\c1ccc(F)cc1. The van der Waals surface area contributed by atoms with Crippen molar-refractivity contribution in [2.45, 2.75) is 0 Å². The van der Waals surface area contributed by atoms with Crippen molar-refractivity contribution >= 4 is 39.8 Å². The standard InChI is InChI=1S/C17H10ClFN4O/c18-11-3-6-14-13(7-11)15-16(22-14)17(24)23(9-20-15)21-8-10-1-4-12(19)5-2-10/h1-9,22H/b21-8-. The molecule has 5 nitrogen and oxygen atoms in total. The second-order valence-electron chi connectivity index (χ2n) is 5.23. The van der Waals surface area contributed by atoms with E-state index < -0.39 is 0 Å². The Kier molecular flexibility index (Phi) is 3.39. The largest absolute Gasteiger partial charge is 0.349 e. The predicted octanol–water partition coefficient (Wildman–Crippen LogP) is 3.55. The Labute approximate surface area is 140 Å². The van der Waals surface area contributed by atoms with Gasteiger partial charge in [0.1, 0.15) is 23.2 Å². The van der Waals surface area contributed by atoms with Crippen LogP contribution in [-0.4, -0.2) is 20.9 Å². The number of aromatic nitrogens is 3. The Morgan fingerprint density at radius 1 is 1.21 bits per heavy atom. The summed E-state index contributed by atoms with van der Waals surface area (Å²) >= 11 is 6.00. The van der Waals surface area contributed by atoms with Gasteiger partial charge in [-0.25, -0.2) is 9.37 Å². The summed E-state index contributed by atoms with van der Waals surface area (Å²) in [6.45, 7) is 0. The summed E-state index contributed by atoms with van der Waals surface area (Å²) in [5.41, 5.74) is 2.02. The van der Waals surface area contributed by atoms with Gasteiger partial charge in [0.25, 0.3) is 5.56 Å². The number of hydrogen-bond acceptors (Lipinski definition) is 3. The van der Waals surface area contributed by atoms with Gasteiger partial charge in [-0.15, -0.1) is 0 Å². The van der Waals surface area contributed by atoms with Gasteiger partial charge in [0.15, 0.2) is 0 Å². The molecule has 0 amide bonds. The van der Waals surface area contributed by atoms with Gasteiger partial charge in [-0.05, 0) is 35.9 Å². The molecular weight excluding hydrogens is 331 g/mol. The fourth-order valence-corrected chi connectivity index (χ4v) is 2.65. The lowest BCUT2D eigenvalue weighted by atomic mass is 10.2. The van der Waals surface area contributed by atoms with Gasteiger partial charge in [0, 0.05) is 15.9 Å². The van der Waals surface area contributed by atoms with Crippen molar-refractivity contribution in [3.8, 4) is 0 Å². The third-order valence-electron chi connectivity index (χ3n) is 3.65. The maximum absolute atomic E-state index is 12.9.